The summed E-state index contributed by atoms with van der Waals surface area (Å²) in [6.07, 6.45) is 2.85. The molecule has 2 fully saturated rings. The second kappa shape index (κ2) is 11.1. The SMILES string of the molecule is C=C/C(C)=C/C[C@@]1(C)[C@@H](C)C[C@@H](OC(=O)c2ccccc2)C23C(=C[C@H](O)C[C@@H]21)[C@H](OC(C)=O)O[C@H]3OC(C)=O. The lowest BCUT2D eigenvalue weighted by Crippen LogP contribution is -2.63. The van der Waals surface area contributed by atoms with Crippen molar-refractivity contribution in [2.45, 2.75) is 78.7 Å². The van der Waals surface area contributed by atoms with Crippen LogP contribution in [0.4, 0.5) is 0 Å². The standard InChI is InChI=1S/C31H38O8/c1-7-18(2)13-14-30(6)19(3)15-26(38-27(35)22-11-9-8-10-12-22)31-24(16-23(34)17-25(30)31)28(36-20(4)32)39-29(31)37-21(5)33/h7-13,16,19,23,25-26,28-29,34H,1,14-15,17H2,2-6H3/b18-13+/t19-,23-,25+,26+,28+,29+,30-,31?/m0/s1. The van der Waals surface area contributed by atoms with Crippen LogP contribution in [0.3, 0.4) is 0 Å². The molecule has 1 heterocycles. The van der Waals surface area contributed by atoms with Crippen LogP contribution in [0, 0.1) is 22.7 Å². The van der Waals surface area contributed by atoms with Crippen LogP contribution in [0.1, 0.15) is 64.2 Å². The molecule has 0 amide bonds. The quantitative estimate of drug-likeness (QED) is 0.226. The van der Waals surface area contributed by atoms with E-state index < -0.39 is 53.5 Å². The van der Waals surface area contributed by atoms with Crippen LogP contribution in [-0.2, 0) is 28.5 Å². The topological polar surface area (TPSA) is 108 Å². The third-order valence-corrected chi connectivity index (χ3v) is 8.83. The van der Waals surface area contributed by atoms with E-state index in [9.17, 15) is 19.5 Å². The molecule has 0 aromatic heterocycles. The molecule has 4 rings (SSSR count). The first-order valence-electron chi connectivity index (χ1n) is 13.4. The summed E-state index contributed by atoms with van der Waals surface area (Å²) in [5, 5.41) is 11.1. The fourth-order valence-electron chi connectivity index (χ4n) is 6.69. The zero-order valence-corrected chi connectivity index (χ0v) is 23.2. The molecule has 8 heteroatoms. The highest BCUT2D eigenvalue weighted by Gasteiger charge is 2.72. The van der Waals surface area contributed by atoms with Gasteiger partial charge < -0.3 is 19.3 Å². The van der Waals surface area contributed by atoms with Gasteiger partial charge in [0.2, 0.25) is 12.6 Å². The number of aliphatic hydroxyl groups excluding tert-OH is 1. The van der Waals surface area contributed by atoms with E-state index in [1.165, 1.54) is 13.8 Å². The predicted molar refractivity (Wildman–Crippen MR) is 143 cm³/mol. The normalized spacial score (nSPS) is 35.6. The Labute approximate surface area is 229 Å². The smallest absolute Gasteiger partial charge is 0.338 e. The summed E-state index contributed by atoms with van der Waals surface area (Å²) in [6.45, 7) is 12.6. The second-order valence-corrected chi connectivity index (χ2v) is 11.2. The third kappa shape index (κ3) is 5.20. The molecule has 8 nitrogen and oxygen atoms in total. The highest BCUT2D eigenvalue weighted by atomic mass is 16.8. The van der Waals surface area contributed by atoms with Gasteiger partial charge in [-0.25, -0.2) is 4.79 Å². The average Bonchev–Trinajstić information content (AvgIpc) is 3.17. The summed E-state index contributed by atoms with van der Waals surface area (Å²) < 4.78 is 23.7. The van der Waals surface area contributed by atoms with Gasteiger partial charge >= 0.3 is 17.9 Å². The van der Waals surface area contributed by atoms with Crippen LogP contribution < -0.4 is 0 Å². The van der Waals surface area contributed by atoms with Crippen molar-refractivity contribution in [2.75, 3.05) is 0 Å². The fraction of sp³-hybridized carbons (Fsp3) is 0.516. The molecule has 8 atom stereocenters. The Morgan fingerprint density at radius 1 is 1.08 bits per heavy atom. The lowest BCUT2D eigenvalue weighted by Gasteiger charge is -2.60. The largest absolute Gasteiger partial charge is 0.458 e. The zero-order valence-electron chi connectivity index (χ0n) is 23.2. The Bertz CT molecular complexity index is 1190. The molecule has 1 spiro atoms. The molecular formula is C31H38O8. The minimum atomic E-state index is -1.20. The van der Waals surface area contributed by atoms with Crippen molar-refractivity contribution in [3.05, 3.63) is 71.8 Å². The van der Waals surface area contributed by atoms with Crippen molar-refractivity contribution < 1.29 is 38.4 Å². The minimum Gasteiger partial charge on any atom is -0.458 e. The number of carbonyl (C=O) groups is 3. The lowest BCUT2D eigenvalue weighted by molar-refractivity contribution is -0.253. The molecule has 0 radical (unpaired) electrons. The maximum atomic E-state index is 13.4. The summed E-state index contributed by atoms with van der Waals surface area (Å²) >= 11 is 0. The van der Waals surface area contributed by atoms with Crippen molar-refractivity contribution in [3.63, 3.8) is 0 Å². The summed E-state index contributed by atoms with van der Waals surface area (Å²) in [7, 11) is 0. The summed E-state index contributed by atoms with van der Waals surface area (Å²) in [5.41, 5.74) is 0.233. The van der Waals surface area contributed by atoms with E-state index in [2.05, 4.69) is 26.5 Å². The van der Waals surface area contributed by atoms with E-state index in [0.29, 0.717) is 30.4 Å². The molecule has 1 saturated heterocycles. The van der Waals surface area contributed by atoms with Gasteiger partial charge in [0.1, 0.15) is 11.5 Å². The van der Waals surface area contributed by atoms with E-state index in [1.807, 2.05) is 13.0 Å². The zero-order chi connectivity index (χ0) is 28.5. The van der Waals surface area contributed by atoms with Gasteiger partial charge in [-0.15, -0.1) is 0 Å². The van der Waals surface area contributed by atoms with Gasteiger partial charge in [0.15, 0.2) is 0 Å². The first-order valence-corrected chi connectivity index (χ1v) is 13.4. The van der Waals surface area contributed by atoms with Crippen LogP contribution in [0.25, 0.3) is 0 Å². The van der Waals surface area contributed by atoms with Crippen LogP contribution in [-0.4, -0.2) is 47.8 Å². The van der Waals surface area contributed by atoms with Gasteiger partial charge in [0.05, 0.1) is 11.7 Å². The molecule has 39 heavy (non-hydrogen) atoms. The van der Waals surface area contributed by atoms with Gasteiger partial charge in [0, 0.05) is 19.4 Å². The molecule has 210 valence electrons. The molecule has 2 aliphatic carbocycles. The predicted octanol–water partition coefficient (Wildman–Crippen LogP) is 4.88. The Balaban J connectivity index is 1.91. The van der Waals surface area contributed by atoms with Crippen LogP contribution in [0.2, 0.25) is 0 Å². The monoisotopic (exact) mass is 538 g/mol. The number of hydrogen-bond acceptors (Lipinski definition) is 8. The number of hydrogen-bond donors (Lipinski definition) is 1. The third-order valence-electron chi connectivity index (χ3n) is 8.83. The van der Waals surface area contributed by atoms with Gasteiger partial charge in [0.25, 0.3) is 0 Å². The second-order valence-electron chi connectivity index (χ2n) is 11.2. The van der Waals surface area contributed by atoms with E-state index in [1.54, 1.807) is 36.4 Å². The highest BCUT2D eigenvalue weighted by molar-refractivity contribution is 5.89. The summed E-state index contributed by atoms with van der Waals surface area (Å²) in [5.74, 6) is -2.03. The van der Waals surface area contributed by atoms with E-state index in [-0.39, 0.29) is 11.8 Å². The number of esters is 3. The van der Waals surface area contributed by atoms with Crippen molar-refractivity contribution in [1.82, 2.24) is 0 Å². The molecule has 1 aromatic carbocycles. The number of rotatable bonds is 7. The van der Waals surface area contributed by atoms with Gasteiger partial charge in [-0.05, 0) is 61.6 Å². The van der Waals surface area contributed by atoms with Gasteiger partial charge in [-0.1, -0.05) is 56.4 Å². The minimum absolute atomic E-state index is 0.0351. The maximum Gasteiger partial charge on any atom is 0.338 e. The van der Waals surface area contributed by atoms with Crippen LogP contribution >= 0.6 is 0 Å². The van der Waals surface area contributed by atoms with Gasteiger partial charge in [-0.3, -0.25) is 14.3 Å². The van der Waals surface area contributed by atoms with E-state index >= 15 is 0 Å². The van der Waals surface area contributed by atoms with Crippen molar-refractivity contribution in [2.24, 2.45) is 22.7 Å². The first kappa shape index (κ1) is 28.8. The average molecular weight is 539 g/mol. The molecule has 1 aromatic rings. The van der Waals surface area contributed by atoms with E-state index in [4.69, 9.17) is 18.9 Å². The number of ether oxygens (including phenoxy) is 4. The van der Waals surface area contributed by atoms with Gasteiger partial charge in [-0.2, -0.15) is 0 Å². The lowest BCUT2D eigenvalue weighted by atomic mass is 9.45. The van der Waals surface area contributed by atoms with Crippen LogP contribution in [0.15, 0.2) is 66.3 Å². The van der Waals surface area contributed by atoms with Crippen molar-refractivity contribution >= 4 is 17.9 Å². The molecule has 1 N–H and O–H groups in total. The maximum absolute atomic E-state index is 13.4. The van der Waals surface area contributed by atoms with Crippen LogP contribution in [0.5, 0.6) is 0 Å². The molecule has 1 saturated carbocycles. The number of allylic oxidation sites excluding steroid dienone is 3. The number of carbonyl (C=O) groups excluding carboxylic acids is 3. The molecular weight excluding hydrogens is 500 g/mol. The molecule has 0 bridgehead atoms. The molecule has 1 unspecified atom stereocenters. The Kier molecular flexibility index (Phi) is 8.19. The Morgan fingerprint density at radius 2 is 1.74 bits per heavy atom. The highest BCUT2D eigenvalue weighted by Crippen LogP contribution is 2.67. The Morgan fingerprint density at radius 3 is 2.36 bits per heavy atom. The summed E-state index contributed by atoms with van der Waals surface area (Å²) in [6, 6.07) is 8.67. The molecule has 3 aliphatic rings. The van der Waals surface area contributed by atoms with Crippen molar-refractivity contribution in [1.29, 1.82) is 0 Å². The number of benzene rings is 1. The Hall–Kier alpha value is -3.23. The van der Waals surface area contributed by atoms with E-state index in [0.717, 1.165) is 5.57 Å². The summed E-state index contributed by atoms with van der Waals surface area (Å²) in [4.78, 5) is 37.8. The first-order chi connectivity index (χ1) is 18.4. The van der Waals surface area contributed by atoms with Crippen molar-refractivity contribution in [3.8, 4) is 0 Å². The fourth-order valence-corrected chi connectivity index (χ4v) is 6.69. The molecule has 1 aliphatic heterocycles. The number of aliphatic hydroxyl groups is 1.